The molecule has 0 saturated heterocycles. The van der Waals surface area contributed by atoms with Gasteiger partial charge in [0, 0.05) is 18.8 Å². The Morgan fingerprint density at radius 1 is 1.03 bits per heavy atom. The highest BCUT2D eigenvalue weighted by molar-refractivity contribution is 6.17. The van der Waals surface area contributed by atoms with Crippen LogP contribution in [0.5, 0.6) is 0 Å². The predicted molar refractivity (Wildman–Crippen MR) is 124 cm³/mol. The van der Waals surface area contributed by atoms with Crippen molar-refractivity contribution < 1.29 is 0 Å². The van der Waals surface area contributed by atoms with Gasteiger partial charge in [-0.25, -0.2) is 4.98 Å². The fourth-order valence-corrected chi connectivity index (χ4v) is 4.16. The van der Waals surface area contributed by atoms with E-state index in [1.165, 1.54) is 0 Å². The summed E-state index contributed by atoms with van der Waals surface area (Å²) < 4.78 is 2.28. The molecule has 0 spiro atoms. The highest BCUT2D eigenvalue weighted by Gasteiger charge is 2.15. The first-order valence-electron chi connectivity index (χ1n) is 10.4. The normalized spacial score (nSPS) is 11.0. The number of para-hydroxylation sites is 1. The lowest BCUT2D eigenvalue weighted by atomic mass is 9.98. The molecule has 0 fully saturated rings. The van der Waals surface area contributed by atoms with Crippen molar-refractivity contribution in [1.82, 2.24) is 9.55 Å². The zero-order valence-electron chi connectivity index (χ0n) is 17.1. The third-order valence-corrected chi connectivity index (χ3v) is 5.75. The standard InChI is InChI=1S/C26H24ClN3/c1-2-3-12-25-29-24-11-7-10-21(16-27)26(24)30(25)18-19-13-14-23(22(15-19)17-28)20-8-5-4-6-9-20/h4-11,13-15H,2-3,12,16,18H2,1H3. The second-order valence-electron chi connectivity index (χ2n) is 7.49. The number of rotatable bonds is 7. The Kier molecular flexibility index (Phi) is 6.16. The van der Waals surface area contributed by atoms with Crippen molar-refractivity contribution in [1.29, 1.82) is 5.26 Å². The molecule has 0 N–H and O–H groups in total. The monoisotopic (exact) mass is 413 g/mol. The molecule has 0 amide bonds. The second kappa shape index (κ2) is 9.15. The molecule has 0 aliphatic carbocycles. The fourth-order valence-electron chi connectivity index (χ4n) is 3.95. The Bertz CT molecular complexity index is 1200. The predicted octanol–water partition coefficient (Wildman–Crippen LogP) is 6.70. The Hall–Kier alpha value is -3.09. The number of benzene rings is 3. The Morgan fingerprint density at radius 3 is 2.60 bits per heavy atom. The average molecular weight is 414 g/mol. The maximum absolute atomic E-state index is 9.77. The molecule has 4 aromatic rings. The maximum Gasteiger partial charge on any atom is 0.110 e. The first-order valence-corrected chi connectivity index (χ1v) is 10.9. The van der Waals surface area contributed by atoms with Crippen molar-refractivity contribution in [3.05, 3.63) is 89.2 Å². The number of unbranched alkanes of at least 4 members (excludes halogenated alkanes) is 1. The zero-order chi connectivity index (χ0) is 20.9. The number of halogens is 1. The van der Waals surface area contributed by atoms with Gasteiger partial charge in [-0.05, 0) is 40.8 Å². The summed E-state index contributed by atoms with van der Waals surface area (Å²) in [5, 5.41) is 9.77. The molecule has 0 aliphatic heterocycles. The first kappa shape index (κ1) is 20.2. The van der Waals surface area contributed by atoms with E-state index in [9.17, 15) is 5.26 Å². The average Bonchev–Trinajstić information content (AvgIpc) is 3.15. The maximum atomic E-state index is 9.77. The highest BCUT2D eigenvalue weighted by atomic mass is 35.5. The summed E-state index contributed by atoms with van der Waals surface area (Å²) in [6.07, 6.45) is 3.14. The van der Waals surface area contributed by atoms with Gasteiger partial charge in [-0.3, -0.25) is 0 Å². The van der Waals surface area contributed by atoms with Crippen LogP contribution in [-0.2, 0) is 18.8 Å². The number of aryl methyl sites for hydroxylation is 1. The fraction of sp³-hybridized carbons (Fsp3) is 0.231. The van der Waals surface area contributed by atoms with Crippen LogP contribution in [0.15, 0.2) is 66.7 Å². The van der Waals surface area contributed by atoms with Crippen LogP contribution in [0.25, 0.3) is 22.2 Å². The van der Waals surface area contributed by atoms with Crippen molar-refractivity contribution in [2.75, 3.05) is 0 Å². The number of hydrogen-bond acceptors (Lipinski definition) is 2. The number of aromatic nitrogens is 2. The van der Waals surface area contributed by atoms with Gasteiger partial charge in [-0.15, -0.1) is 11.6 Å². The molecule has 0 bridgehead atoms. The van der Waals surface area contributed by atoms with E-state index in [4.69, 9.17) is 16.6 Å². The van der Waals surface area contributed by atoms with E-state index < -0.39 is 0 Å². The topological polar surface area (TPSA) is 41.6 Å². The molecular formula is C26H24ClN3. The lowest BCUT2D eigenvalue weighted by Gasteiger charge is -2.13. The summed E-state index contributed by atoms with van der Waals surface area (Å²) in [6.45, 7) is 2.87. The molecule has 0 atom stereocenters. The minimum absolute atomic E-state index is 0.451. The number of fused-ring (bicyclic) bond motifs is 1. The first-order chi connectivity index (χ1) is 14.7. The summed E-state index contributed by atoms with van der Waals surface area (Å²) in [5.41, 5.74) is 6.98. The van der Waals surface area contributed by atoms with Gasteiger partial charge >= 0.3 is 0 Å². The van der Waals surface area contributed by atoms with Gasteiger partial charge in [0.05, 0.1) is 22.7 Å². The molecule has 1 aromatic heterocycles. The quantitative estimate of drug-likeness (QED) is 0.316. The molecule has 0 saturated carbocycles. The van der Waals surface area contributed by atoms with Gasteiger partial charge in [0.2, 0.25) is 0 Å². The molecule has 30 heavy (non-hydrogen) atoms. The van der Waals surface area contributed by atoms with Crippen molar-refractivity contribution in [2.45, 2.75) is 38.6 Å². The van der Waals surface area contributed by atoms with Gasteiger partial charge in [0.25, 0.3) is 0 Å². The van der Waals surface area contributed by atoms with Crippen molar-refractivity contribution in [3.63, 3.8) is 0 Å². The summed E-state index contributed by atoms with van der Waals surface area (Å²) >= 11 is 6.25. The smallest absolute Gasteiger partial charge is 0.110 e. The number of nitriles is 1. The van der Waals surface area contributed by atoms with Crippen LogP contribution in [0.2, 0.25) is 0 Å². The molecule has 0 aliphatic rings. The molecule has 4 rings (SSSR count). The van der Waals surface area contributed by atoms with E-state index in [1.807, 2.05) is 42.5 Å². The van der Waals surface area contributed by atoms with E-state index >= 15 is 0 Å². The van der Waals surface area contributed by atoms with E-state index in [1.54, 1.807) is 0 Å². The number of nitrogens with zero attached hydrogens (tertiary/aromatic N) is 3. The van der Waals surface area contributed by atoms with Crippen LogP contribution in [0.3, 0.4) is 0 Å². The largest absolute Gasteiger partial charge is 0.323 e. The molecule has 1 heterocycles. The van der Waals surface area contributed by atoms with Crippen LogP contribution in [0, 0.1) is 11.3 Å². The number of alkyl halides is 1. The van der Waals surface area contributed by atoms with Gasteiger partial charge in [-0.2, -0.15) is 5.26 Å². The van der Waals surface area contributed by atoms with Crippen molar-refractivity contribution >= 4 is 22.6 Å². The molecule has 0 radical (unpaired) electrons. The summed E-state index contributed by atoms with van der Waals surface area (Å²) in [7, 11) is 0. The molecule has 150 valence electrons. The minimum atomic E-state index is 0.451. The third kappa shape index (κ3) is 3.97. The van der Waals surface area contributed by atoms with Crippen molar-refractivity contribution in [2.24, 2.45) is 0 Å². The van der Waals surface area contributed by atoms with Crippen LogP contribution in [0.1, 0.15) is 42.3 Å². The molecule has 0 unspecified atom stereocenters. The van der Waals surface area contributed by atoms with Gasteiger partial charge < -0.3 is 4.57 Å². The van der Waals surface area contributed by atoms with Crippen LogP contribution in [0.4, 0.5) is 0 Å². The Balaban J connectivity index is 1.78. The molecule has 3 nitrogen and oxygen atoms in total. The van der Waals surface area contributed by atoms with Crippen molar-refractivity contribution in [3.8, 4) is 17.2 Å². The highest BCUT2D eigenvalue weighted by Crippen LogP contribution is 2.27. The summed E-state index contributed by atoms with van der Waals surface area (Å²) in [5.74, 6) is 1.53. The number of hydrogen-bond donors (Lipinski definition) is 0. The molecule has 4 heteroatoms. The van der Waals surface area contributed by atoms with Crippen LogP contribution < -0.4 is 0 Å². The third-order valence-electron chi connectivity index (χ3n) is 5.46. The summed E-state index contributed by atoms with van der Waals surface area (Å²) in [4.78, 5) is 4.90. The minimum Gasteiger partial charge on any atom is -0.323 e. The molecular weight excluding hydrogens is 390 g/mol. The van der Waals surface area contributed by atoms with Gasteiger partial charge in [-0.1, -0.05) is 67.9 Å². The Morgan fingerprint density at radius 2 is 1.87 bits per heavy atom. The van der Waals surface area contributed by atoms with E-state index in [0.29, 0.717) is 18.0 Å². The molecule has 3 aromatic carbocycles. The Labute approximate surface area is 182 Å². The van der Waals surface area contributed by atoms with Crippen LogP contribution in [-0.4, -0.2) is 9.55 Å². The SMILES string of the molecule is CCCCc1nc2cccc(CCl)c2n1Cc1ccc(-c2ccccc2)c(C#N)c1. The van der Waals surface area contributed by atoms with Gasteiger partial charge in [0.15, 0.2) is 0 Å². The van der Waals surface area contributed by atoms with Gasteiger partial charge in [0.1, 0.15) is 5.82 Å². The summed E-state index contributed by atoms with van der Waals surface area (Å²) in [6, 6.07) is 24.7. The lowest BCUT2D eigenvalue weighted by Crippen LogP contribution is -2.07. The lowest BCUT2D eigenvalue weighted by molar-refractivity contribution is 0.689. The van der Waals surface area contributed by atoms with E-state index in [2.05, 4.69) is 41.8 Å². The van der Waals surface area contributed by atoms with Crippen LogP contribution >= 0.6 is 11.6 Å². The number of imidazole rings is 1. The van der Waals surface area contributed by atoms with E-state index in [0.717, 1.165) is 58.4 Å². The second-order valence-corrected chi connectivity index (χ2v) is 7.76. The van der Waals surface area contributed by atoms with E-state index in [-0.39, 0.29) is 0 Å². The zero-order valence-corrected chi connectivity index (χ0v) is 17.9.